The van der Waals surface area contributed by atoms with Crippen molar-refractivity contribution in [2.24, 2.45) is 0 Å². The largest absolute Gasteiger partial charge is 0.497 e. The third-order valence-electron chi connectivity index (χ3n) is 5.73. The molecule has 1 unspecified atom stereocenters. The maximum atomic E-state index is 12.7. The number of carbonyl (C=O) groups is 1. The van der Waals surface area contributed by atoms with Gasteiger partial charge in [0.1, 0.15) is 5.75 Å². The molecular weight excluding hydrogens is 318 g/mol. The van der Waals surface area contributed by atoms with Gasteiger partial charge in [-0.2, -0.15) is 0 Å². The Morgan fingerprint density at radius 1 is 1.24 bits per heavy atom. The highest BCUT2D eigenvalue weighted by Gasteiger charge is 2.48. The summed E-state index contributed by atoms with van der Waals surface area (Å²) >= 11 is 0. The van der Waals surface area contributed by atoms with Gasteiger partial charge in [-0.05, 0) is 44.0 Å². The Morgan fingerprint density at radius 2 is 1.96 bits per heavy atom. The van der Waals surface area contributed by atoms with Gasteiger partial charge in [0.15, 0.2) is 0 Å². The van der Waals surface area contributed by atoms with Gasteiger partial charge < -0.3 is 24.6 Å². The van der Waals surface area contributed by atoms with E-state index in [1.807, 2.05) is 29.2 Å². The number of methoxy groups -OCH3 is 2. The standard InChI is InChI=1S/C19H29N3O3/c1-21-10-7-19(8-11-21)9-12-22(19)18(23)20-14-17(25-3)15-5-4-6-16(13-15)24-2/h4-6,13,17H,7-12,14H2,1-3H3,(H,20,23). The summed E-state index contributed by atoms with van der Waals surface area (Å²) < 4.78 is 10.8. The van der Waals surface area contributed by atoms with Gasteiger partial charge in [-0.1, -0.05) is 12.1 Å². The number of likely N-dealkylation sites (tertiary alicyclic amines) is 2. The Kier molecular flexibility index (Phi) is 5.49. The Labute approximate surface area is 150 Å². The van der Waals surface area contributed by atoms with Gasteiger partial charge in [0.2, 0.25) is 0 Å². The molecule has 3 rings (SSSR count). The predicted molar refractivity (Wildman–Crippen MR) is 96.9 cm³/mol. The van der Waals surface area contributed by atoms with Crippen LogP contribution in [0.25, 0.3) is 0 Å². The average Bonchev–Trinajstić information content (AvgIpc) is 2.62. The van der Waals surface area contributed by atoms with Gasteiger partial charge in [0, 0.05) is 38.8 Å². The second-order valence-corrected chi connectivity index (χ2v) is 7.12. The zero-order valence-corrected chi connectivity index (χ0v) is 15.5. The van der Waals surface area contributed by atoms with Crippen molar-refractivity contribution in [1.29, 1.82) is 0 Å². The zero-order valence-electron chi connectivity index (χ0n) is 15.5. The van der Waals surface area contributed by atoms with Crippen molar-refractivity contribution in [3.63, 3.8) is 0 Å². The molecular formula is C19H29N3O3. The molecule has 2 amide bonds. The van der Waals surface area contributed by atoms with Crippen molar-refractivity contribution < 1.29 is 14.3 Å². The maximum absolute atomic E-state index is 12.7. The molecule has 0 saturated carbocycles. The molecule has 2 aliphatic heterocycles. The lowest BCUT2D eigenvalue weighted by Gasteiger charge is -2.56. The van der Waals surface area contributed by atoms with Crippen LogP contribution in [0.4, 0.5) is 4.79 Å². The smallest absolute Gasteiger partial charge is 0.317 e. The number of ether oxygens (including phenoxy) is 2. The molecule has 6 heteroatoms. The first-order valence-electron chi connectivity index (χ1n) is 8.99. The lowest BCUT2D eigenvalue weighted by Crippen LogP contribution is -2.67. The van der Waals surface area contributed by atoms with Gasteiger partial charge in [-0.25, -0.2) is 4.79 Å². The second kappa shape index (κ2) is 7.62. The number of hydrogen-bond donors (Lipinski definition) is 1. The van der Waals surface area contributed by atoms with E-state index in [1.165, 1.54) is 0 Å². The minimum absolute atomic E-state index is 0.0285. The summed E-state index contributed by atoms with van der Waals surface area (Å²) in [6.07, 6.45) is 3.08. The first kappa shape index (κ1) is 18.0. The molecule has 138 valence electrons. The number of amides is 2. The SMILES string of the molecule is COc1cccc(C(CNC(=O)N2CCC23CCN(C)CC3)OC)c1. The van der Waals surface area contributed by atoms with Crippen LogP contribution in [0.5, 0.6) is 5.75 Å². The van der Waals surface area contributed by atoms with E-state index in [4.69, 9.17) is 9.47 Å². The predicted octanol–water partition coefficient (Wildman–Crippen LogP) is 2.26. The molecule has 2 aliphatic rings. The van der Waals surface area contributed by atoms with E-state index in [0.717, 1.165) is 50.2 Å². The molecule has 6 nitrogen and oxygen atoms in total. The molecule has 0 aliphatic carbocycles. The van der Waals surface area contributed by atoms with Crippen LogP contribution in [0, 0.1) is 0 Å². The Morgan fingerprint density at radius 3 is 2.56 bits per heavy atom. The Hall–Kier alpha value is -1.79. The molecule has 2 fully saturated rings. The van der Waals surface area contributed by atoms with Crippen molar-refractivity contribution >= 4 is 6.03 Å². The number of hydrogen-bond acceptors (Lipinski definition) is 4. The fraction of sp³-hybridized carbons (Fsp3) is 0.632. The maximum Gasteiger partial charge on any atom is 0.317 e. The lowest BCUT2D eigenvalue weighted by molar-refractivity contribution is -0.0222. The number of benzene rings is 1. The van der Waals surface area contributed by atoms with Gasteiger partial charge in [0.25, 0.3) is 0 Å². The van der Waals surface area contributed by atoms with Crippen LogP contribution in [-0.4, -0.2) is 68.8 Å². The van der Waals surface area contributed by atoms with E-state index in [0.29, 0.717) is 6.54 Å². The van der Waals surface area contributed by atoms with E-state index < -0.39 is 0 Å². The number of rotatable bonds is 5. The monoisotopic (exact) mass is 347 g/mol. The zero-order chi connectivity index (χ0) is 17.9. The summed E-state index contributed by atoms with van der Waals surface area (Å²) in [5, 5.41) is 3.06. The van der Waals surface area contributed by atoms with Crippen molar-refractivity contribution in [3.05, 3.63) is 29.8 Å². The van der Waals surface area contributed by atoms with Crippen molar-refractivity contribution in [3.8, 4) is 5.75 Å². The van der Waals surface area contributed by atoms with E-state index in [9.17, 15) is 4.79 Å². The van der Waals surface area contributed by atoms with Crippen LogP contribution < -0.4 is 10.1 Å². The second-order valence-electron chi connectivity index (χ2n) is 7.12. The molecule has 25 heavy (non-hydrogen) atoms. The third-order valence-corrected chi connectivity index (χ3v) is 5.73. The first-order valence-corrected chi connectivity index (χ1v) is 8.99. The summed E-state index contributed by atoms with van der Waals surface area (Å²) in [5.74, 6) is 0.791. The fourth-order valence-electron chi connectivity index (χ4n) is 3.87. The highest BCUT2D eigenvalue weighted by molar-refractivity contribution is 5.76. The fourth-order valence-corrected chi connectivity index (χ4v) is 3.87. The van der Waals surface area contributed by atoms with Gasteiger partial charge in [0.05, 0.1) is 13.2 Å². The number of nitrogens with zero attached hydrogens (tertiary/aromatic N) is 2. The summed E-state index contributed by atoms with van der Waals surface area (Å²) in [6, 6.07) is 7.80. The number of nitrogens with one attached hydrogen (secondary N) is 1. The molecule has 0 bridgehead atoms. The van der Waals surface area contributed by atoms with Crippen LogP contribution in [0.3, 0.4) is 0 Å². The number of carbonyl (C=O) groups excluding carboxylic acids is 1. The molecule has 2 heterocycles. The van der Waals surface area contributed by atoms with Gasteiger partial charge in [-0.15, -0.1) is 0 Å². The molecule has 2 saturated heterocycles. The van der Waals surface area contributed by atoms with Gasteiger partial charge in [-0.3, -0.25) is 0 Å². The minimum Gasteiger partial charge on any atom is -0.497 e. The van der Waals surface area contributed by atoms with Crippen LogP contribution in [-0.2, 0) is 4.74 Å². The Balaban J connectivity index is 1.57. The molecule has 1 aromatic rings. The minimum atomic E-state index is -0.186. The summed E-state index contributed by atoms with van der Waals surface area (Å²) in [6.45, 7) is 3.43. The number of urea groups is 1. The van der Waals surface area contributed by atoms with Crippen molar-refractivity contribution in [1.82, 2.24) is 15.1 Å². The summed E-state index contributed by atoms with van der Waals surface area (Å²) in [4.78, 5) is 17.0. The van der Waals surface area contributed by atoms with Crippen LogP contribution in [0.2, 0.25) is 0 Å². The normalized spacial score (nSPS) is 20.8. The van der Waals surface area contributed by atoms with E-state index in [2.05, 4.69) is 17.3 Å². The first-order chi connectivity index (χ1) is 12.1. The quantitative estimate of drug-likeness (QED) is 0.888. The third kappa shape index (κ3) is 3.75. The highest BCUT2D eigenvalue weighted by atomic mass is 16.5. The number of piperidine rings is 1. The topological polar surface area (TPSA) is 54.0 Å². The van der Waals surface area contributed by atoms with Gasteiger partial charge >= 0.3 is 6.03 Å². The van der Waals surface area contributed by atoms with Crippen LogP contribution >= 0.6 is 0 Å². The molecule has 0 aromatic heterocycles. The van der Waals surface area contributed by atoms with E-state index in [1.54, 1.807) is 14.2 Å². The summed E-state index contributed by atoms with van der Waals surface area (Å²) in [7, 11) is 5.46. The lowest BCUT2D eigenvalue weighted by atomic mass is 9.77. The van der Waals surface area contributed by atoms with Crippen LogP contribution in [0.15, 0.2) is 24.3 Å². The van der Waals surface area contributed by atoms with E-state index in [-0.39, 0.29) is 17.7 Å². The molecule has 1 spiro atoms. The Bertz CT molecular complexity index is 599. The molecule has 0 radical (unpaired) electrons. The molecule has 1 N–H and O–H groups in total. The van der Waals surface area contributed by atoms with Crippen LogP contribution in [0.1, 0.15) is 30.9 Å². The molecule has 1 aromatic carbocycles. The van der Waals surface area contributed by atoms with Crippen molar-refractivity contribution in [2.75, 3.05) is 47.4 Å². The molecule has 1 atom stereocenters. The van der Waals surface area contributed by atoms with E-state index >= 15 is 0 Å². The average molecular weight is 347 g/mol. The summed E-state index contributed by atoms with van der Waals surface area (Å²) in [5.41, 5.74) is 1.08. The highest BCUT2D eigenvalue weighted by Crippen LogP contribution is 2.39. The van der Waals surface area contributed by atoms with Crippen molar-refractivity contribution in [2.45, 2.75) is 30.9 Å².